The summed E-state index contributed by atoms with van der Waals surface area (Å²) in [7, 11) is 0. The highest BCUT2D eigenvalue weighted by molar-refractivity contribution is 5.22. The smallest absolute Gasteiger partial charge is 0.131 e. The molecular weight excluding hydrogens is 212 g/mol. The molecule has 1 atom stereocenters. The molecular formula is C12H15F2NO. The lowest BCUT2D eigenvalue weighted by Gasteiger charge is -2.17. The third-order valence-corrected chi connectivity index (χ3v) is 3.06. The maximum atomic E-state index is 13.3. The Morgan fingerprint density at radius 2 is 1.94 bits per heavy atom. The van der Waals surface area contributed by atoms with Crippen molar-refractivity contribution in [3.63, 3.8) is 0 Å². The molecule has 1 aromatic carbocycles. The largest absolute Gasteiger partial charge is 0.387 e. The van der Waals surface area contributed by atoms with E-state index < -0.39 is 17.7 Å². The molecule has 2 rings (SSSR count). The maximum Gasteiger partial charge on any atom is 0.131 e. The predicted octanol–water partition coefficient (Wildman–Crippen LogP) is 2.14. The molecule has 1 saturated carbocycles. The van der Waals surface area contributed by atoms with E-state index in [1.54, 1.807) is 0 Å². The van der Waals surface area contributed by atoms with E-state index in [2.05, 4.69) is 5.32 Å². The Kier molecular flexibility index (Phi) is 2.95. The Morgan fingerprint density at radius 1 is 1.38 bits per heavy atom. The van der Waals surface area contributed by atoms with Crippen LogP contribution >= 0.6 is 0 Å². The van der Waals surface area contributed by atoms with Crippen LogP contribution in [-0.4, -0.2) is 17.2 Å². The molecule has 0 saturated heterocycles. The minimum Gasteiger partial charge on any atom is -0.387 e. The van der Waals surface area contributed by atoms with Gasteiger partial charge >= 0.3 is 0 Å². The van der Waals surface area contributed by atoms with Gasteiger partial charge in [-0.15, -0.1) is 0 Å². The van der Waals surface area contributed by atoms with Crippen LogP contribution in [0.2, 0.25) is 0 Å². The van der Waals surface area contributed by atoms with Crippen LogP contribution in [0.5, 0.6) is 0 Å². The van der Waals surface area contributed by atoms with Crippen LogP contribution in [0.15, 0.2) is 18.2 Å². The minimum absolute atomic E-state index is 0.0444. The van der Waals surface area contributed by atoms with E-state index in [0.717, 1.165) is 25.0 Å². The monoisotopic (exact) mass is 227 g/mol. The Hall–Kier alpha value is -1.00. The van der Waals surface area contributed by atoms with Crippen LogP contribution in [0.1, 0.15) is 31.4 Å². The number of rotatable bonds is 4. The topological polar surface area (TPSA) is 32.3 Å². The van der Waals surface area contributed by atoms with Crippen LogP contribution in [0.25, 0.3) is 0 Å². The van der Waals surface area contributed by atoms with E-state index in [0.29, 0.717) is 0 Å². The summed E-state index contributed by atoms with van der Waals surface area (Å²) in [5, 5.41) is 12.8. The van der Waals surface area contributed by atoms with E-state index in [4.69, 9.17) is 0 Å². The Balaban J connectivity index is 2.05. The van der Waals surface area contributed by atoms with E-state index in [1.807, 2.05) is 6.92 Å². The van der Waals surface area contributed by atoms with Gasteiger partial charge in [0.15, 0.2) is 0 Å². The van der Waals surface area contributed by atoms with Crippen molar-refractivity contribution >= 4 is 0 Å². The summed E-state index contributed by atoms with van der Waals surface area (Å²) in [4.78, 5) is 0. The van der Waals surface area contributed by atoms with Gasteiger partial charge in [-0.05, 0) is 31.9 Å². The molecule has 1 aliphatic rings. The van der Waals surface area contributed by atoms with Crippen molar-refractivity contribution in [2.75, 3.05) is 6.54 Å². The zero-order chi connectivity index (χ0) is 11.8. The number of β-amino-alcohol motifs (C(OH)–C–C–N with tert-alkyl or cyclic N) is 1. The first kappa shape index (κ1) is 11.5. The third kappa shape index (κ3) is 2.39. The van der Waals surface area contributed by atoms with Gasteiger partial charge in [0.1, 0.15) is 11.6 Å². The van der Waals surface area contributed by atoms with Gasteiger partial charge in [-0.1, -0.05) is 6.07 Å². The molecule has 0 amide bonds. The number of hydrogen-bond acceptors (Lipinski definition) is 2. The number of hydrogen-bond donors (Lipinski definition) is 2. The van der Waals surface area contributed by atoms with Gasteiger partial charge in [-0.25, -0.2) is 8.78 Å². The first-order valence-corrected chi connectivity index (χ1v) is 5.39. The quantitative estimate of drug-likeness (QED) is 0.826. The lowest BCUT2D eigenvalue weighted by Crippen LogP contribution is -2.32. The molecule has 1 aromatic rings. The zero-order valence-corrected chi connectivity index (χ0v) is 9.13. The lowest BCUT2D eigenvalue weighted by atomic mass is 10.1. The maximum absolute atomic E-state index is 13.3. The molecule has 88 valence electrons. The van der Waals surface area contributed by atoms with Gasteiger partial charge < -0.3 is 10.4 Å². The van der Waals surface area contributed by atoms with Crippen molar-refractivity contribution in [1.29, 1.82) is 0 Å². The Bertz CT molecular complexity index is 370. The second-order valence-electron chi connectivity index (χ2n) is 4.59. The number of halogens is 2. The summed E-state index contributed by atoms with van der Waals surface area (Å²) < 4.78 is 26.6. The van der Waals surface area contributed by atoms with Gasteiger partial charge in [0.2, 0.25) is 0 Å². The number of benzene rings is 1. The van der Waals surface area contributed by atoms with E-state index >= 15 is 0 Å². The van der Waals surface area contributed by atoms with E-state index in [-0.39, 0.29) is 17.6 Å². The fraction of sp³-hybridized carbons (Fsp3) is 0.500. The predicted molar refractivity (Wildman–Crippen MR) is 57.0 cm³/mol. The number of nitrogens with one attached hydrogen (secondary N) is 1. The molecule has 1 fully saturated rings. The van der Waals surface area contributed by atoms with Crippen molar-refractivity contribution in [1.82, 2.24) is 5.32 Å². The van der Waals surface area contributed by atoms with Crippen LogP contribution < -0.4 is 5.32 Å². The van der Waals surface area contributed by atoms with Crippen LogP contribution in [0.4, 0.5) is 8.78 Å². The van der Waals surface area contributed by atoms with E-state index in [1.165, 1.54) is 6.07 Å². The normalized spacial score (nSPS) is 19.5. The summed E-state index contributed by atoms with van der Waals surface area (Å²) in [6.45, 7) is 2.20. The van der Waals surface area contributed by atoms with Gasteiger partial charge in [0.05, 0.1) is 11.7 Å². The molecule has 0 heterocycles. The van der Waals surface area contributed by atoms with Crippen molar-refractivity contribution in [3.8, 4) is 0 Å². The van der Waals surface area contributed by atoms with Crippen LogP contribution in [-0.2, 0) is 0 Å². The van der Waals surface area contributed by atoms with Gasteiger partial charge in [0.25, 0.3) is 0 Å². The Morgan fingerprint density at radius 3 is 2.44 bits per heavy atom. The molecule has 2 nitrogen and oxygen atoms in total. The standard InChI is InChI=1S/C12H15F2NO/c1-12(5-6-12)15-7-10(16)11-8(13)3-2-4-9(11)14/h2-4,10,15-16H,5-7H2,1H3. The number of aliphatic hydroxyl groups is 1. The highest BCUT2D eigenvalue weighted by Gasteiger charge is 2.37. The van der Waals surface area contributed by atoms with Crippen LogP contribution in [0, 0.1) is 11.6 Å². The molecule has 0 aromatic heterocycles. The molecule has 16 heavy (non-hydrogen) atoms. The molecule has 2 N–H and O–H groups in total. The molecule has 0 bridgehead atoms. The average Bonchev–Trinajstić information content (AvgIpc) is 2.94. The summed E-state index contributed by atoms with van der Waals surface area (Å²) >= 11 is 0. The SMILES string of the molecule is CC1(NCC(O)c2c(F)cccc2F)CC1. The second-order valence-corrected chi connectivity index (χ2v) is 4.59. The fourth-order valence-corrected chi connectivity index (χ4v) is 1.64. The first-order chi connectivity index (χ1) is 7.52. The molecule has 4 heteroatoms. The first-order valence-electron chi connectivity index (χ1n) is 5.39. The van der Waals surface area contributed by atoms with Crippen molar-refractivity contribution in [3.05, 3.63) is 35.4 Å². The summed E-state index contributed by atoms with van der Waals surface area (Å²) in [5.74, 6) is -1.40. The van der Waals surface area contributed by atoms with Gasteiger partial charge in [-0.3, -0.25) is 0 Å². The van der Waals surface area contributed by atoms with Gasteiger partial charge in [-0.2, -0.15) is 0 Å². The van der Waals surface area contributed by atoms with Crippen molar-refractivity contribution < 1.29 is 13.9 Å². The van der Waals surface area contributed by atoms with Crippen LogP contribution in [0.3, 0.4) is 0 Å². The minimum atomic E-state index is -1.14. The second kappa shape index (κ2) is 4.11. The van der Waals surface area contributed by atoms with E-state index in [9.17, 15) is 13.9 Å². The third-order valence-electron chi connectivity index (χ3n) is 3.06. The summed E-state index contributed by atoms with van der Waals surface area (Å²) in [5.41, 5.74) is -0.206. The molecule has 0 aliphatic heterocycles. The summed E-state index contributed by atoms with van der Waals surface area (Å²) in [6.07, 6.45) is 0.942. The molecule has 0 radical (unpaired) electrons. The molecule has 0 spiro atoms. The highest BCUT2D eigenvalue weighted by atomic mass is 19.1. The Labute approximate surface area is 93.3 Å². The highest BCUT2D eigenvalue weighted by Crippen LogP contribution is 2.34. The van der Waals surface area contributed by atoms with Crippen molar-refractivity contribution in [2.24, 2.45) is 0 Å². The lowest BCUT2D eigenvalue weighted by molar-refractivity contribution is 0.160. The van der Waals surface area contributed by atoms with Crippen molar-refractivity contribution in [2.45, 2.75) is 31.4 Å². The molecule has 1 aliphatic carbocycles. The summed E-state index contributed by atoms with van der Waals surface area (Å²) in [6, 6.07) is 3.59. The number of aliphatic hydroxyl groups excluding tert-OH is 1. The van der Waals surface area contributed by atoms with Gasteiger partial charge in [0, 0.05) is 12.1 Å². The molecule has 1 unspecified atom stereocenters. The fourth-order valence-electron chi connectivity index (χ4n) is 1.64. The average molecular weight is 227 g/mol. The zero-order valence-electron chi connectivity index (χ0n) is 9.13.